The standard InChI is InChI=1S/C22H14ClN3O4S/c23-14-10-8-13(9-11-14)21(28)15-4-1-2-5-16(15)22(29)30-12-19(27)24-17-6-3-7-18-20(17)26-31-25-18/h1-11H,12H2,(H,24,27). The summed E-state index contributed by atoms with van der Waals surface area (Å²) in [5.41, 5.74) is 2.33. The zero-order chi connectivity index (χ0) is 21.8. The molecule has 0 saturated heterocycles. The molecule has 0 aliphatic carbocycles. The van der Waals surface area contributed by atoms with Crippen molar-refractivity contribution in [2.24, 2.45) is 0 Å². The smallest absolute Gasteiger partial charge is 0.339 e. The number of hydrogen-bond donors (Lipinski definition) is 1. The molecule has 31 heavy (non-hydrogen) atoms. The first-order chi connectivity index (χ1) is 15.0. The van der Waals surface area contributed by atoms with Crippen molar-refractivity contribution in [2.75, 3.05) is 11.9 Å². The van der Waals surface area contributed by atoms with E-state index in [2.05, 4.69) is 14.1 Å². The Morgan fingerprint density at radius 2 is 1.65 bits per heavy atom. The highest BCUT2D eigenvalue weighted by atomic mass is 35.5. The first-order valence-electron chi connectivity index (χ1n) is 9.10. The molecule has 1 aromatic heterocycles. The lowest BCUT2D eigenvalue weighted by atomic mass is 9.98. The van der Waals surface area contributed by atoms with Crippen LogP contribution in [0.1, 0.15) is 26.3 Å². The van der Waals surface area contributed by atoms with Crippen LogP contribution in [0.2, 0.25) is 5.02 Å². The Labute approximate surface area is 186 Å². The lowest BCUT2D eigenvalue weighted by Gasteiger charge is -2.10. The van der Waals surface area contributed by atoms with E-state index in [0.29, 0.717) is 27.3 Å². The number of amides is 1. The molecule has 7 nitrogen and oxygen atoms in total. The second kappa shape index (κ2) is 9.03. The molecule has 0 aliphatic heterocycles. The second-order valence-electron chi connectivity index (χ2n) is 6.44. The fourth-order valence-electron chi connectivity index (χ4n) is 2.92. The Morgan fingerprint density at radius 3 is 2.42 bits per heavy atom. The summed E-state index contributed by atoms with van der Waals surface area (Å²) >= 11 is 6.91. The number of carbonyl (C=O) groups excluding carboxylic acids is 3. The summed E-state index contributed by atoms with van der Waals surface area (Å²) in [7, 11) is 0. The topological polar surface area (TPSA) is 98.2 Å². The quantitative estimate of drug-likeness (QED) is 0.345. The minimum atomic E-state index is -0.776. The Kier molecular flexibility index (Phi) is 6.01. The molecule has 1 N–H and O–H groups in total. The second-order valence-corrected chi connectivity index (χ2v) is 7.41. The van der Waals surface area contributed by atoms with Crippen LogP contribution < -0.4 is 5.32 Å². The van der Waals surface area contributed by atoms with Gasteiger partial charge in [-0.1, -0.05) is 35.9 Å². The van der Waals surface area contributed by atoms with Gasteiger partial charge in [-0.15, -0.1) is 0 Å². The number of halogens is 1. The normalized spacial score (nSPS) is 10.6. The van der Waals surface area contributed by atoms with E-state index in [0.717, 1.165) is 11.7 Å². The Morgan fingerprint density at radius 1 is 0.903 bits per heavy atom. The van der Waals surface area contributed by atoms with Crippen molar-refractivity contribution in [1.82, 2.24) is 8.75 Å². The van der Waals surface area contributed by atoms with E-state index in [-0.39, 0.29) is 16.9 Å². The van der Waals surface area contributed by atoms with Gasteiger partial charge in [0, 0.05) is 16.1 Å². The van der Waals surface area contributed by atoms with Crippen LogP contribution in [0.4, 0.5) is 5.69 Å². The third kappa shape index (κ3) is 4.60. The van der Waals surface area contributed by atoms with Crippen LogP contribution in [0, 0.1) is 0 Å². The van der Waals surface area contributed by atoms with Crippen LogP contribution in [-0.4, -0.2) is 33.0 Å². The summed E-state index contributed by atoms with van der Waals surface area (Å²) in [4.78, 5) is 37.7. The molecule has 1 amide bonds. The lowest BCUT2D eigenvalue weighted by Crippen LogP contribution is -2.22. The van der Waals surface area contributed by atoms with Crippen LogP contribution in [0.5, 0.6) is 0 Å². The van der Waals surface area contributed by atoms with Gasteiger partial charge in [-0.2, -0.15) is 8.75 Å². The average molecular weight is 452 g/mol. The Bertz CT molecular complexity index is 1290. The van der Waals surface area contributed by atoms with Gasteiger partial charge in [-0.25, -0.2) is 4.79 Å². The average Bonchev–Trinajstić information content (AvgIpc) is 3.27. The Hall–Kier alpha value is -3.62. The number of anilines is 1. The number of ketones is 1. The highest BCUT2D eigenvalue weighted by Gasteiger charge is 2.20. The van der Waals surface area contributed by atoms with Gasteiger partial charge >= 0.3 is 5.97 Å². The molecule has 0 radical (unpaired) electrons. The largest absolute Gasteiger partial charge is 0.452 e. The van der Waals surface area contributed by atoms with Gasteiger partial charge < -0.3 is 10.1 Å². The highest BCUT2D eigenvalue weighted by Crippen LogP contribution is 2.21. The minimum absolute atomic E-state index is 0.0704. The zero-order valence-electron chi connectivity index (χ0n) is 15.9. The molecule has 0 unspecified atom stereocenters. The molecule has 0 fully saturated rings. The fraction of sp³-hybridized carbons (Fsp3) is 0.0455. The summed E-state index contributed by atoms with van der Waals surface area (Å²) in [6.45, 7) is -0.518. The van der Waals surface area contributed by atoms with Gasteiger partial charge in [0.1, 0.15) is 11.0 Å². The predicted octanol–water partition coefficient (Wildman–Crippen LogP) is 4.37. The number of ether oxygens (including phenoxy) is 1. The summed E-state index contributed by atoms with van der Waals surface area (Å²) < 4.78 is 13.4. The third-order valence-electron chi connectivity index (χ3n) is 4.39. The lowest BCUT2D eigenvalue weighted by molar-refractivity contribution is -0.119. The molecule has 9 heteroatoms. The van der Waals surface area contributed by atoms with Crippen LogP contribution >= 0.6 is 23.3 Å². The highest BCUT2D eigenvalue weighted by molar-refractivity contribution is 7.00. The van der Waals surface area contributed by atoms with E-state index in [4.69, 9.17) is 16.3 Å². The van der Waals surface area contributed by atoms with Gasteiger partial charge in [-0.05, 0) is 42.5 Å². The van der Waals surface area contributed by atoms with Crippen LogP contribution in [0.15, 0.2) is 66.7 Å². The van der Waals surface area contributed by atoms with Crippen molar-refractivity contribution in [3.63, 3.8) is 0 Å². The molecular weight excluding hydrogens is 438 g/mol. The number of carbonyl (C=O) groups is 3. The van der Waals surface area contributed by atoms with E-state index in [1.807, 2.05) is 0 Å². The molecular formula is C22H14ClN3O4S. The number of rotatable bonds is 6. The number of benzene rings is 3. The van der Waals surface area contributed by atoms with Gasteiger partial charge in [0.2, 0.25) is 0 Å². The first kappa shape index (κ1) is 20.6. The SMILES string of the molecule is O=C(COC(=O)c1ccccc1C(=O)c1ccc(Cl)cc1)Nc1cccc2nsnc12. The van der Waals surface area contributed by atoms with E-state index in [9.17, 15) is 14.4 Å². The monoisotopic (exact) mass is 451 g/mol. The minimum Gasteiger partial charge on any atom is -0.452 e. The molecule has 0 bridgehead atoms. The summed E-state index contributed by atoms with van der Waals surface area (Å²) in [6, 6.07) is 17.8. The predicted molar refractivity (Wildman–Crippen MR) is 118 cm³/mol. The van der Waals surface area contributed by atoms with E-state index in [1.54, 1.807) is 54.6 Å². The maximum Gasteiger partial charge on any atom is 0.339 e. The molecule has 0 saturated carbocycles. The number of hydrogen-bond acceptors (Lipinski definition) is 7. The van der Waals surface area contributed by atoms with Crippen LogP contribution in [-0.2, 0) is 9.53 Å². The molecule has 1 heterocycles. The third-order valence-corrected chi connectivity index (χ3v) is 5.19. The van der Waals surface area contributed by atoms with E-state index < -0.39 is 18.5 Å². The maximum absolute atomic E-state index is 12.8. The molecule has 0 aliphatic rings. The zero-order valence-corrected chi connectivity index (χ0v) is 17.4. The molecule has 4 aromatic rings. The van der Waals surface area contributed by atoms with Crippen molar-refractivity contribution in [3.05, 3.63) is 88.4 Å². The molecule has 0 spiro atoms. The van der Waals surface area contributed by atoms with Gasteiger partial charge in [0.15, 0.2) is 12.4 Å². The van der Waals surface area contributed by atoms with Gasteiger partial charge in [-0.3, -0.25) is 9.59 Å². The number of nitrogens with one attached hydrogen (secondary N) is 1. The van der Waals surface area contributed by atoms with E-state index >= 15 is 0 Å². The van der Waals surface area contributed by atoms with Crippen LogP contribution in [0.3, 0.4) is 0 Å². The van der Waals surface area contributed by atoms with Gasteiger partial charge in [0.25, 0.3) is 5.91 Å². The molecule has 3 aromatic carbocycles. The summed E-state index contributed by atoms with van der Waals surface area (Å²) in [5.74, 6) is -1.66. The van der Waals surface area contributed by atoms with Crippen molar-refractivity contribution in [2.45, 2.75) is 0 Å². The fourth-order valence-corrected chi connectivity index (χ4v) is 3.59. The number of esters is 1. The summed E-state index contributed by atoms with van der Waals surface area (Å²) in [6.07, 6.45) is 0. The van der Waals surface area contributed by atoms with Crippen molar-refractivity contribution < 1.29 is 19.1 Å². The molecule has 4 rings (SSSR count). The number of fused-ring (bicyclic) bond motifs is 1. The Balaban J connectivity index is 1.45. The number of nitrogens with zero attached hydrogens (tertiary/aromatic N) is 2. The van der Waals surface area contributed by atoms with Crippen molar-refractivity contribution in [1.29, 1.82) is 0 Å². The van der Waals surface area contributed by atoms with Gasteiger partial charge in [0.05, 0.1) is 23.0 Å². The van der Waals surface area contributed by atoms with Crippen molar-refractivity contribution in [3.8, 4) is 0 Å². The van der Waals surface area contributed by atoms with E-state index in [1.165, 1.54) is 12.1 Å². The summed E-state index contributed by atoms with van der Waals surface area (Å²) in [5, 5.41) is 3.15. The first-order valence-corrected chi connectivity index (χ1v) is 10.2. The maximum atomic E-state index is 12.8. The van der Waals surface area contributed by atoms with Crippen molar-refractivity contribution >= 4 is 57.7 Å². The van der Waals surface area contributed by atoms with Crippen LogP contribution in [0.25, 0.3) is 11.0 Å². The molecule has 154 valence electrons. The number of aromatic nitrogens is 2. The molecule has 0 atom stereocenters.